The molecule has 1 saturated heterocycles. The lowest BCUT2D eigenvalue weighted by atomic mass is 10.1. The molecule has 1 aliphatic heterocycles. The van der Waals surface area contributed by atoms with Crippen LogP contribution >= 0.6 is 0 Å². The van der Waals surface area contributed by atoms with Gasteiger partial charge in [0.15, 0.2) is 0 Å². The van der Waals surface area contributed by atoms with Crippen LogP contribution in [0.3, 0.4) is 0 Å². The van der Waals surface area contributed by atoms with E-state index in [2.05, 4.69) is 19.2 Å². The topological polar surface area (TPSA) is 72.8 Å². The summed E-state index contributed by atoms with van der Waals surface area (Å²) in [5, 5.41) is 21.7. The van der Waals surface area contributed by atoms with Crippen LogP contribution in [0.25, 0.3) is 0 Å². The number of nitrogens with one attached hydrogen (secondary N) is 1. The second-order valence-corrected chi connectivity index (χ2v) is 5.24. The number of carbonyl (C=O) groups excluding carboxylic acids is 1. The Morgan fingerprint density at radius 1 is 1.29 bits per heavy atom. The average molecular weight is 244 g/mol. The fourth-order valence-corrected chi connectivity index (χ4v) is 1.91. The summed E-state index contributed by atoms with van der Waals surface area (Å²) in [6, 6.07) is -0.297. The van der Waals surface area contributed by atoms with Gasteiger partial charge < -0.3 is 15.5 Å². The van der Waals surface area contributed by atoms with Crippen molar-refractivity contribution in [2.75, 3.05) is 19.6 Å². The fourth-order valence-electron chi connectivity index (χ4n) is 1.91. The van der Waals surface area contributed by atoms with Gasteiger partial charge in [-0.25, -0.2) is 0 Å². The summed E-state index contributed by atoms with van der Waals surface area (Å²) in [4.78, 5) is 13.6. The summed E-state index contributed by atoms with van der Waals surface area (Å²) in [6.45, 7) is 7.43. The number of likely N-dealkylation sites (tertiary alicyclic amines) is 1. The van der Waals surface area contributed by atoms with E-state index in [1.54, 1.807) is 11.8 Å². The van der Waals surface area contributed by atoms with Crippen molar-refractivity contribution in [3.63, 3.8) is 0 Å². The van der Waals surface area contributed by atoms with Gasteiger partial charge >= 0.3 is 0 Å². The zero-order chi connectivity index (χ0) is 13.0. The van der Waals surface area contributed by atoms with Crippen molar-refractivity contribution in [2.45, 2.75) is 45.4 Å². The fraction of sp³-hybridized carbons (Fsp3) is 0.917. The van der Waals surface area contributed by atoms with Crippen LogP contribution in [-0.2, 0) is 4.79 Å². The zero-order valence-electron chi connectivity index (χ0n) is 10.9. The molecule has 3 N–H and O–H groups in total. The van der Waals surface area contributed by atoms with E-state index in [1.807, 2.05) is 0 Å². The molecule has 0 aromatic carbocycles. The molecule has 3 atom stereocenters. The maximum absolute atomic E-state index is 11.8. The third-order valence-corrected chi connectivity index (χ3v) is 3.24. The van der Waals surface area contributed by atoms with E-state index in [-0.39, 0.29) is 11.9 Å². The zero-order valence-corrected chi connectivity index (χ0v) is 10.9. The van der Waals surface area contributed by atoms with E-state index in [4.69, 9.17) is 0 Å². The average Bonchev–Trinajstić information content (AvgIpc) is 2.57. The van der Waals surface area contributed by atoms with Crippen molar-refractivity contribution in [3.05, 3.63) is 0 Å². The van der Waals surface area contributed by atoms with E-state index in [9.17, 15) is 15.0 Å². The van der Waals surface area contributed by atoms with Gasteiger partial charge in [0, 0.05) is 19.6 Å². The lowest BCUT2D eigenvalue weighted by Crippen LogP contribution is -2.45. The molecule has 0 saturated carbocycles. The van der Waals surface area contributed by atoms with Gasteiger partial charge in [0.2, 0.25) is 5.91 Å². The van der Waals surface area contributed by atoms with Crippen LogP contribution in [0.1, 0.15) is 27.2 Å². The first-order valence-corrected chi connectivity index (χ1v) is 6.29. The molecule has 1 rings (SSSR count). The number of amides is 1. The summed E-state index contributed by atoms with van der Waals surface area (Å²) in [6.07, 6.45) is -0.509. The molecule has 0 bridgehead atoms. The monoisotopic (exact) mass is 244 g/mol. The lowest BCUT2D eigenvalue weighted by molar-refractivity contribution is -0.125. The molecule has 0 spiro atoms. The highest BCUT2D eigenvalue weighted by Crippen LogP contribution is 2.13. The Hall–Kier alpha value is -0.650. The second kappa shape index (κ2) is 6.33. The van der Waals surface area contributed by atoms with Gasteiger partial charge in [0.25, 0.3) is 0 Å². The Bertz CT molecular complexity index is 248. The number of hydrogen-bond acceptors (Lipinski definition) is 4. The van der Waals surface area contributed by atoms with E-state index < -0.39 is 12.2 Å². The molecule has 5 nitrogen and oxygen atoms in total. The highest BCUT2D eigenvalue weighted by molar-refractivity contribution is 5.81. The van der Waals surface area contributed by atoms with Crippen molar-refractivity contribution in [1.29, 1.82) is 0 Å². The molecule has 1 heterocycles. The number of β-amino-alcohol motifs (C(OH)–C–C–N with tert-alkyl or cyclic N) is 2. The largest absolute Gasteiger partial charge is 0.389 e. The van der Waals surface area contributed by atoms with Crippen molar-refractivity contribution >= 4 is 5.91 Å². The minimum Gasteiger partial charge on any atom is -0.389 e. The molecule has 17 heavy (non-hydrogen) atoms. The van der Waals surface area contributed by atoms with Crippen LogP contribution in [0.4, 0.5) is 0 Å². The van der Waals surface area contributed by atoms with Gasteiger partial charge in [-0.1, -0.05) is 13.8 Å². The van der Waals surface area contributed by atoms with E-state index in [0.717, 1.165) is 6.42 Å². The Balaban J connectivity index is 2.32. The maximum Gasteiger partial charge on any atom is 0.237 e. The van der Waals surface area contributed by atoms with Gasteiger partial charge in [-0.3, -0.25) is 9.69 Å². The van der Waals surface area contributed by atoms with Gasteiger partial charge in [-0.05, 0) is 19.3 Å². The minimum atomic E-state index is -0.735. The molecule has 5 heteroatoms. The van der Waals surface area contributed by atoms with Crippen LogP contribution in [0, 0.1) is 5.92 Å². The first-order valence-electron chi connectivity index (χ1n) is 6.29. The van der Waals surface area contributed by atoms with Crippen molar-refractivity contribution < 1.29 is 15.0 Å². The van der Waals surface area contributed by atoms with Gasteiger partial charge in [0.1, 0.15) is 0 Å². The first kappa shape index (κ1) is 14.4. The normalized spacial score (nSPS) is 27.4. The molecule has 0 aromatic rings. The van der Waals surface area contributed by atoms with Crippen LogP contribution < -0.4 is 5.32 Å². The SMILES string of the molecule is CC(C)CCNC(=O)C(C)N1CC(O)C(O)C1. The van der Waals surface area contributed by atoms with Gasteiger partial charge in [-0.15, -0.1) is 0 Å². The second-order valence-electron chi connectivity index (χ2n) is 5.24. The summed E-state index contributed by atoms with van der Waals surface area (Å²) in [7, 11) is 0. The van der Waals surface area contributed by atoms with Crippen LogP contribution in [0.2, 0.25) is 0 Å². The summed E-state index contributed by atoms with van der Waals surface area (Å²) in [5.74, 6) is 0.535. The number of rotatable bonds is 5. The van der Waals surface area contributed by atoms with E-state index in [0.29, 0.717) is 25.6 Å². The molecule has 1 aliphatic rings. The van der Waals surface area contributed by atoms with E-state index in [1.165, 1.54) is 0 Å². The summed E-state index contributed by atoms with van der Waals surface area (Å²) < 4.78 is 0. The van der Waals surface area contributed by atoms with Gasteiger partial charge in [-0.2, -0.15) is 0 Å². The molecule has 0 aliphatic carbocycles. The molecule has 3 unspecified atom stereocenters. The quantitative estimate of drug-likeness (QED) is 0.614. The predicted octanol–water partition coefficient (Wildman–Crippen LogP) is -0.425. The van der Waals surface area contributed by atoms with Crippen molar-refractivity contribution in [3.8, 4) is 0 Å². The minimum absolute atomic E-state index is 0.0352. The maximum atomic E-state index is 11.8. The first-order chi connectivity index (χ1) is 7.91. The Morgan fingerprint density at radius 3 is 2.29 bits per heavy atom. The number of carbonyl (C=O) groups is 1. The van der Waals surface area contributed by atoms with Crippen LogP contribution in [0.5, 0.6) is 0 Å². The van der Waals surface area contributed by atoms with Crippen LogP contribution in [-0.4, -0.2) is 58.9 Å². The smallest absolute Gasteiger partial charge is 0.237 e. The predicted molar refractivity (Wildman–Crippen MR) is 65.5 cm³/mol. The number of hydrogen-bond donors (Lipinski definition) is 3. The van der Waals surface area contributed by atoms with Crippen molar-refractivity contribution in [1.82, 2.24) is 10.2 Å². The highest BCUT2D eigenvalue weighted by atomic mass is 16.3. The Labute approximate surface area is 103 Å². The molecular weight excluding hydrogens is 220 g/mol. The molecule has 1 amide bonds. The molecular formula is C12H24N2O3. The highest BCUT2D eigenvalue weighted by Gasteiger charge is 2.34. The standard InChI is InChI=1S/C12H24N2O3/c1-8(2)4-5-13-12(17)9(3)14-6-10(15)11(16)7-14/h8-11,15-16H,4-7H2,1-3H3,(H,13,17). The number of nitrogens with zero attached hydrogens (tertiary/aromatic N) is 1. The Morgan fingerprint density at radius 2 is 1.82 bits per heavy atom. The third-order valence-electron chi connectivity index (χ3n) is 3.24. The van der Waals surface area contributed by atoms with Crippen molar-refractivity contribution in [2.24, 2.45) is 5.92 Å². The summed E-state index contributed by atoms with van der Waals surface area (Å²) in [5.41, 5.74) is 0. The van der Waals surface area contributed by atoms with E-state index >= 15 is 0 Å². The Kier molecular flexibility index (Phi) is 5.36. The molecule has 100 valence electrons. The number of aliphatic hydroxyl groups excluding tert-OH is 2. The number of aliphatic hydroxyl groups is 2. The van der Waals surface area contributed by atoms with Crippen LogP contribution in [0.15, 0.2) is 0 Å². The lowest BCUT2D eigenvalue weighted by Gasteiger charge is -2.22. The molecule has 0 aromatic heterocycles. The molecule has 1 fully saturated rings. The molecule has 0 radical (unpaired) electrons. The third kappa shape index (κ3) is 4.26. The summed E-state index contributed by atoms with van der Waals surface area (Å²) >= 11 is 0. The van der Waals surface area contributed by atoms with Gasteiger partial charge in [0.05, 0.1) is 18.2 Å².